The number of ether oxygens (including phenoxy) is 1. The van der Waals surface area contributed by atoms with Crippen LogP contribution >= 0.6 is 11.6 Å². The number of nitrogens with one attached hydrogen (secondary N) is 1. The maximum atomic E-state index is 14.3. The molecule has 11 heteroatoms. The van der Waals surface area contributed by atoms with E-state index in [1.807, 2.05) is 29.2 Å². The molecule has 206 valence electrons. The largest absolute Gasteiger partial charge is 0.466 e. The van der Waals surface area contributed by atoms with Crippen LogP contribution in [-0.4, -0.2) is 64.2 Å². The van der Waals surface area contributed by atoms with Gasteiger partial charge in [-0.3, -0.25) is 14.4 Å². The number of aromatic amines is 1. The summed E-state index contributed by atoms with van der Waals surface area (Å²) in [5.74, 6) is -2.18. The summed E-state index contributed by atoms with van der Waals surface area (Å²) >= 11 is 6.05. The Morgan fingerprint density at radius 2 is 1.95 bits per heavy atom. The van der Waals surface area contributed by atoms with Crippen molar-refractivity contribution in [2.24, 2.45) is 23.5 Å². The maximum Gasteiger partial charge on any atom is 0.310 e. The second-order valence-corrected chi connectivity index (χ2v) is 10.3. The minimum atomic E-state index is -0.492. The van der Waals surface area contributed by atoms with Crippen LogP contribution < -0.4 is 5.73 Å². The molecule has 0 radical (unpaired) electrons. The van der Waals surface area contributed by atoms with Crippen LogP contribution in [0.2, 0.25) is 5.02 Å². The number of Topliss-reactive ketones (excluding diaryl/α,β-unsaturated/α-hetero) is 1. The van der Waals surface area contributed by atoms with Gasteiger partial charge in [0.05, 0.1) is 24.6 Å². The highest BCUT2D eigenvalue weighted by Gasteiger charge is 2.35. The second-order valence-electron chi connectivity index (χ2n) is 9.88. The van der Waals surface area contributed by atoms with Crippen LogP contribution in [0.15, 0.2) is 48.7 Å². The quantitative estimate of drug-likeness (QED) is 0.243. The van der Waals surface area contributed by atoms with Gasteiger partial charge in [-0.15, -0.1) is 0 Å². The number of benzene rings is 2. The van der Waals surface area contributed by atoms with Gasteiger partial charge in [0.2, 0.25) is 5.91 Å². The zero-order valence-corrected chi connectivity index (χ0v) is 22.4. The van der Waals surface area contributed by atoms with Crippen molar-refractivity contribution >= 4 is 29.3 Å². The molecule has 3 N–H and O–H groups in total. The monoisotopic (exact) mass is 555 g/mol. The van der Waals surface area contributed by atoms with Crippen molar-refractivity contribution in [2.75, 3.05) is 26.2 Å². The van der Waals surface area contributed by atoms with Gasteiger partial charge in [-0.2, -0.15) is 15.4 Å². The minimum absolute atomic E-state index is 0.150. The van der Waals surface area contributed by atoms with Crippen LogP contribution in [0.5, 0.6) is 0 Å². The van der Waals surface area contributed by atoms with E-state index in [-0.39, 0.29) is 54.0 Å². The molecule has 0 aliphatic carbocycles. The standard InChI is InChI=1S/C28H31ClFN5O4/c1-2-39-28(38)20(14-35-15-21(16-35)27(31)37)10-18(11-26(36)25-13-32-34-33-25)9-17-3-5-19(6-4-17)23-12-22(29)7-8-24(23)30/h3-8,12-13,18,20-21H,2,9-11,14-16H2,1H3,(H2,31,37)(H,32,33,34)/t18-,20+/m1/s1. The highest BCUT2D eigenvalue weighted by molar-refractivity contribution is 6.30. The molecule has 0 unspecified atom stereocenters. The van der Waals surface area contributed by atoms with Crippen molar-refractivity contribution in [3.05, 3.63) is 70.8 Å². The molecule has 2 atom stereocenters. The molecule has 1 aliphatic heterocycles. The lowest BCUT2D eigenvalue weighted by molar-refractivity contribution is -0.150. The molecule has 1 fully saturated rings. The zero-order chi connectivity index (χ0) is 27.9. The summed E-state index contributed by atoms with van der Waals surface area (Å²) in [6, 6.07) is 11.8. The Labute approximate surface area is 230 Å². The Kier molecular flexibility index (Phi) is 9.42. The van der Waals surface area contributed by atoms with Crippen molar-refractivity contribution in [3.8, 4) is 11.1 Å². The molecule has 9 nitrogen and oxygen atoms in total. The lowest BCUT2D eigenvalue weighted by Crippen LogP contribution is -2.54. The molecule has 2 heterocycles. The molecule has 1 amide bonds. The predicted molar refractivity (Wildman–Crippen MR) is 143 cm³/mol. The van der Waals surface area contributed by atoms with Crippen LogP contribution in [-0.2, 0) is 20.7 Å². The van der Waals surface area contributed by atoms with E-state index in [2.05, 4.69) is 15.4 Å². The van der Waals surface area contributed by atoms with E-state index in [1.165, 1.54) is 18.3 Å². The first-order valence-electron chi connectivity index (χ1n) is 12.8. The average molecular weight is 556 g/mol. The highest BCUT2D eigenvalue weighted by atomic mass is 35.5. The van der Waals surface area contributed by atoms with Gasteiger partial charge in [-0.1, -0.05) is 35.9 Å². The number of nitrogens with zero attached hydrogens (tertiary/aromatic N) is 3. The van der Waals surface area contributed by atoms with Gasteiger partial charge < -0.3 is 15.4 Å². The summed E-state index contributed by atoms with van der Waals surface area (Å²) < 4.78 is 19.7. The van der Waals surface area contributed by atoms with E-state index < -0.39 is 5.92 Å². The fourth-order valence-corrected chi connectivity index (χ4v) is 5.10. The Balaban J connectivity index is 1.52. The number of hydrogen-bond donors (Lipinski definition) is 2. The first-order valence-corrected chi connectivity index (χ1v) is 13.2. The van der Waals surface area contributed by atoms with Gasteiger partial charge in [0.25, 0.3) is 0 Å². The molecular weight excluding hydrogens is 525 g/mol. The van der Waals surface area contributed by atoms with E-state index in [0.29, 0.717) is 48.6 Å². The molecule has 0 saturated carbocycles. The van der Waals surface area contributed by atoms with E-state index in [1.54, 1.807) is 13.0 Å². The third-order valence-electron chi connectivity index (χ3n) is 6.97. The molecule has 3 aromatic rings. The summed E-state index contributed by atoms with van der Waals surface area (Å²) in [7, 11) is 0. The molecule has 1 aromatic heterocycles. The summed E-state index contributed by atoms with van der Waals surface area (Å²) in [4.78, 5) is 39.3. The summed E-state index contributed by atoms with van der Waals surface area (Å²) in [6.07, 6.45) is 2.42. The molecule has 4 rings (SSSR count). The van der Waals surface area contributed by atoms with Crippen LogP contribution in [0.1, 0.15) is 35.8 Å². The topological polar surface area (TPSA) is 131 Å². The fraction of sp³-hybridized carbons (Fsp3) is 0.393. The lowest BCUT2D eigenvalue weighted by atomic mass is 9.84. The van der Waals surface area contributed by atoms with Crippen LogP contribution in [0.4, 0.5) is 4.39 Å². The zero-order valence-electron chi connectivity index (χ0n) is 21.6. The molecular formula is C28H31ClFN5O4. The number of rotatable bonds is 13. The van der Waals surface area contributed by atoms with Crippen LogP contribution in [0.25, 0.3) is 11.1 Å². The first kappa shape index (κ1) is 28.4. The number of aromatic nitrogens is 3. The molecule has 0 bridgehead atoms. The van der Waals surface area contributed by atoms with Gasteiger partial charge in [-0.05, 0) is 55.0 Å². The second kappa shape index (κ2) is 12.9. The van der Waals surface area contributed by atoms with Gasteiger partial charge in [0, 0.05) is 36.6 Å². The first-order chi connectivity index (χ1) is 18.7. The Morgan fingerprint density at radius 1 is 1.21 bits per heavy atom. The number of carbonyl (C=O) groups excluding carboxylic acids is 3. The fourth-order valence-electron chi connectivity index (χ4n) is 4.93. The van der Waals surface area contributed by atoms with Gasteiger partial charge in [0.15, 0.2) is 5.78 Å². The number of hydrogen-bond acceptors (Lipinski definition) is 7. The number of primary amides is 1. The highest BCUT2D eigenvalue weighted by Crippen LogP contribution is 2.29. The number of halogens is 2. The molecule has 2 aromatic carbocycles. The maximum absolute atomic E-state index is 14.3. The Morgan fingerprint density at radius 3 is 2.59 bits per heavy atom. The third-order valence-corrected chi connectivity index (χ3v) is 7.20. The number of ketones is 1. The number of carbonyl (C=O) groups is 3. The SMILES string of the molecule is CCOC(=O)[C@@H](C[C@H](CC(=O)c1cn[nH]n1)Cc1ccc(-c2cc(Cl)ccc2F)cc1)CN1CC(C(N)=O)C1. The van der Waals surface area contributed by atoms with Gasteiger partial charge >= 0.3 is 5.97 Å². The number of nitrogens with two attached hydrogens (primary N) is 1. The number of amides is 1. The number of esters is 1. The van der Waals surface area contributed by atoms with E-state index in [0.717, 1.165) is 5.56 Å². The van der Waals surface area contributed by atoms with Crippen molar-refractivity contribution in [3.63, 3.8) is 0 Å². The Hall–Kier alpha value is -3.63. The average Bonchev–Trinajstić information content (AvgIpc) is 3.42. The number of likely N-dealkylation sites (tertiary alicyclic amines) is 1. The van der Waals surface area contributed by atoms with Gasteiger partial charge in [-0.25, -0.2) is 4.39 Å². The van der Waals surface area contributed by atoms with E-state index in [4.69, 9.17) is 22.1 Å². The predicted octanol–water partition coefficient (Wildman–Crippen LogP) is 3.68. The third kappa shape index (κ3) is 7.48. The summed E-state index contributed by atoms with van der Waals surface area (Å²) in [5.41, 5.74) is 7.63. The van der Waals surface area contributed by atoms with E-state index in [9.17, 15) is 18.8 Å². The van der Waals surface area contributed by atoms with Crippen molar-refractivity contribution < 1.29 is 23.5 Å². The molecule has 1 aliphatic rings. The minimum Gasteiger partial charge on any atom is -0.466 e. The summed E-state index contributed by atoms with van der Waals surface area (Å²) in [5, 5.41) is 10.5. The van der Waals surface area contributed by atoms with E-state index >= 15 is 0 Å². The van der Waals surface area contributed by atoms with Crippen molar-refractivity contribution in [2.45, 2.75) is 26.2 Å². The van der Waals surface area contributed by atoms with Crippen molar-refractivity contribution in [1.82, 2.24) is 20.3 Å². The number of H-pyrrole nitrogens is 1. The molecule has 0 spiro atoms. The lowest BCUT2D eigenvalue weighted by Gasteiger charge is -2.39. The normalized spacial score (nSPS) is 15.4. The Bertz CT molecular complexity index is 1300. The smallest absolute Gasteiger partial charge is 0.310 e. The van der Waals surface area contributed by atoms with Crippen LogP contribution in [0.3, 0.4) is 0 Å². The summed E-state index contributed by atoms with van der Waals surface area (Å²) in [6.45, 7) is 3.38. The van der Waals surface area contributed by atoms with Crippen LogP contribution in [0, 0.1) is 23.6 Å². The van der Waals surface area contributed by atoms with Crippen molar-refractivity contribution in [1.29, 1.82) is 0 Å². The van der Waals surface area contributed by atoms with Gasteiger partial charge in [0.1, 0.15) is 11.5 Å². The molecule has 39 heavy (non-hydrogen) atoms. The molecule has 1 saturated heterocycles.